The van der Waals surface area contributed by atoms with Gasteiger partial charge in [-0.1, -0.05) is 12.1 Å². The lowest BCUT2D eigenvalue weighted by molar-refractivity contribution is 0.0418. The molecular formula is C20H23N3O4. The van der Waals surface area contributed by atoms with Crippen LogP contribution in [0.5, 0.6) is 0 Å². The Labute approximate surface area is 158 Å². The molecule has 0 aliphatic carbocycles. The van der Waals surface area contributed by atoms with E-state index < -0.39 is 0 Å². The first-order valence-corrected chi connectivity index (χ1v) is 8.85. The molecule has 2 aromatic rings. The van der Waals surface area contributed by atoms with E-state index in [1.165, 1.54) is 7.11 Å². The fraction of sp³-hybridized carbons (Fsp3) is 0.350. The van der Waals surface area contributed by atoms with Crippen LogP contribution in [-0.2, 0) is 22.6 Å². The molecule has 0 radical (unpaired) electrons. The van der Waals surface area contributed by atoms with Gasteiger partial charge in [0.2, 0.25) is 0 Å². The molecule has 2 amide bonds. The molecule has 1 aromatic heterocycles. The van der Waals surface area contributed by atoms with Gasteiger partial charge in [0.15, 0.2) is 0 Å². The van der Waals surface area contributed by atoms with Gasteiger partial charge in [0.1, 0.15) is 0 Å². The second-order valence-corrected chi connectivity index (χ2v) is 6.28. The topological polar surface area (TPSA) is 72.0 Å². The molecule has 1 aliphatic rings. The number of morpholine rings is 1. The van der Waals surface area contributed by atoms with Gasteiger partial charge in [-0.2, -0.15) is 0 Å². The van der Waals surface area contributed by atoms with Crippen molar-refractivity contribution in [2.24, 2.45) is 0 Å². The van der Waals surface area contributed by atoms with Crippen LogP contribution in [0.25, 0.3) is 0 Å². The standard InChI is InChI=1S/C20H23N3O4/c1-26-19(24)18-4-2-16(3-5-18)14-23(15-17-6-8-21-9-7-17)20(25)22-10-12-27-13-11-22/h2-9H,10-15H2,1H3. The number of hydrogen-bond donors (Lipinski definition) is 0. The van der Waals surface area contributed by atoms with E-state index in [4.69, 9.17) is 9.47 Å². The highest BCUT2D eigenvalue weighted by Crippen LogP contribution is 2.14. The number of aromatic nitrogens is 1. The van der Waals surface area contributed by atoms with Crippen molar-refractivity contribution in [1.29, 1.82) is 0 Å². The zero-order valence-corrected chi connectivity index (χ0v) is 15.3. The summed E-state index contributed by atoms with van der Waals surface area (Å²) in [6.45, 7) is 3.22. The van der Waals surface area contributed by atoms with Gasteiger partial charge in [0.25, 0.3) is 0 Å². The van der Waals surface area contributed by atoms with Crippen molar-refractivity contribution in [3.8, 4) is 0 Å². The smallest absolute Gasteiger partial charge is 0.337 e. The van der Waals surface area contributed by atoms with Crippen LogP contribution in [0.4, 0.5) is 4.79 Å². The van der Waals surface area contributed by atoms with Gasteiger partial charge in [-0.3, -0.25) is 4.98 Å². The first-order chi connectivity index (χ1) is 13.2. The number of carbonyl (C=O) groups excluding carboxylic acids is 2. The maximum Gasteiger partial charge on any atom is 0.337 e. The summed E-state index contributed by atoms with van der Waals surface area (Å²) in [5.41, 5.74) is 2.44. The predicted octanol–water partition coefficient (Wildman–Crippen LogP) is 2.32. The summed E-state index contributed by atoms with van der Waals surface area (Å²) in [6.07, 6.45) is 3.44. The van der Waals surface area contributed by atoms with Crippen LogP contribution in [0.3, 0.4) is 0 Å². The molecule has 0 atom stereocenters. The first-order valence-electron chi connectivity index (χ1n) is 8.85. The van der Waals surface area contributed by atoms with Crippen molar-refractivity contribution in [3.63, 3.8) is 0 Å². The van der Waals surface area contributed by atoms with Crippen molar-refractivity contribution in [2.45, 2.75) is 13.1 Å². The molecule has 3 rings (SSSR count). The zero-order valence-electron chi connectivity index (χ0n) is 15.3. The lowest BCUT2D eigenvalue weighted by Crippen LogP contribution is -2.47. The van der Waals surface area contributed by atoms with Crippen LogP contribution in [0.1, 0.15) is 21.5 Å². The predicted molar refractivity (Wildman–Crippen MR) is 99.1 cm³/mol. The number of benzene rings is 1. The Morgan fingerprint density at radius 1 is 1.04 bits per heavy atom. The average Bonchev–Trinajstić information content (AvgIpc) is 2.74. The maximum absolute atomic E-state index is 13.0. The van der Waals surface area contributed by atoms with Crippen LogP contribution >= 0.6 is 0 Å². The molecule has 7 nitrogen and oxygen atoms in total. The van der Waals surface area contributed by atoms with E-state index in [9.17, 15) is 9.59 Å². The number of ether oxygens (including phenoxy) is 2. The second kappa shape index (κ2) is 9.14. The van der Waals surface area contributed by atoms with Gasteiger partial charge in [-0.05, 0) is 35.4 Å². The minimum atomic E-state index is -0.375. The van der Waals surface area contributed by atoms with Crippen LogP contribution < -0.4 is 0 Å². The average molecular weight is 369 g/mol. The van der Waals surface area contributed by atoms with Gasteiger partial charge < -0.3 is 19.3 Å². The Hall–Kier alpha value is -2.93. The highest BCUT2D eigenvalue weighted by Gasteiger charge is 2.23. The summed E-state index contributed by atoms with van der Waals surface area (Å²) in [5, 5.41) is 0. The number of urea groups is 1. The normalized spacial score (nSPS) is 13.9. The molecular weight excluding hydrogens is 346 g/mol. The molecule has 0 spiro atoms. The van der Waals surface area contributed by atoms with Crippen molar-refractivity contribution >= 4 is 12.0 Å². The summed E-state index contributed by atoms with van der Waals surface area (Å²) in [4.78, 5) is 32.3. The molecule has 1 aromatic carbocycles. The molecule has 142 valence electrons. The lowest BCUT2D eigenvalue weighted by atomic mass is 10.1. The van der Waals surface area contributed by atoms with E-state index in [1.807, 2.05) is 29.2 Å². The molecule has 0 saturated carbocycles. The Kier molecular flexibility index (Phi) is 6.38. The molecule has 0 N–H and O–H groups in total. The van der Waals surface area contributed by atoms with Crippen LogP contribution in [0.2, 0.25) is 0 Å². The van der Waals surface area contributed by atoms with Crippen molar-refractivity contribution in [3.05, 3.63) is 65.5 Å². The minimum absolute atomic E-state index is 0.0212. The van der Waals surface area contributed by atoms with Crippen LogP contribution in [0, 0.1) is 0 Å². The molecule has 1 saturated heterocycles. The fourth-order valence-corrected chi connectivity index (χ4v) is 2.94. The summed E-state index contributed by atoms with van der Waals surface area (Å²) < 4.78 is 10.1. The summed E-state index contributed by atoms with van der Waals surface area (Å²) in [5.74, 6) is -0.375. The number of esters is 1. The van der Waals surface area contributed by atoms with Gasteiger partial charge in [-0.15, -0.1) is 0 Å². The van der Waals surface area contributed by atoms with Gasteiger partial charge in [0, 0.05) is 38.6 Å². The fourth-order valence-electron chi connectivity index (χ4n) is 2.94. The number of carbonyl (C=O) groups is 2. The zero-order chi connectivity index (χ0) is 19.1. The molecule has 1 aliphatic heterocycles. The van der Waals surface area contributed by atoms with Crippen molar-refractivity contribution in [2.75, 3.05) is 33.4 Å². The monoisotopic (exact) mass is 369 g/mol. The Morgan fingerprint density at radius 3 is 2.22 bits per heavy atom. The van der Waals surface area contributed by atoms with E-state index in [2.05, 4.69) is 4.98 Å². The quantitative estimate of drug-likeness (QED) is 0.757. The van der Waals surface area contributed by atoms with E-state index in [0.29, 0.717) is 45.0 Å². The molecule has 27 heavy (non-hydrogen) atoms. The molecule has 0 bridgehead atoms. The van der Waals surface area contributed by atoms with Gasteiger partial charge >= 0.3 is 12.0 Å². The molecule has 7 heteroatoms. The van der Waals surface area contributed by atoms with E-state index >= 15 is 0 Å². The molecule has 2 heterocycles. The third-order valence-corrected chi connectivity index (χ3v) is 4.42. The van der Waals surface area contributed by atoms with Crippen molar-refractivity contribution < 1.29 is 19.1 Å². The lowest BCUT2D eigenvalue weighted by Gasteiger charge is -2.33. The van der Waals surface area contributed by atoms with Gasteiger partial charge in [0.05, 0.1) is 25.9 Å². The van der Waals surface area contributed by atoms with Crippen molar-refractivity contribution in [1.82, 2.24) is 14.8 Å². The largest absolute Gasteiger partial charge is 0.465 e. The summed E-state index contributed by atoms with van der Waals surface area (Å²) >= 11 is 0. The maximum atomic E-state index is 13.0. The number of nitrogens with zero attached hydrogens (tertiary/aromatic N) is 3. The molecule has 1 fully saturated rings. The van der Waals surface area contributed by atoms with E-state index in [-0.39, 0.29) is 12.0 Å². The number of methoxy groups -OCH3 is 1. The third-order valence-electron chi connectivity index (χ3n) is 4.42. The van der Waals surface area contributed by atoms with E-state index in [0.717, 1.165) is 11.1 Å². The Balaban J connectivity index is 1.76. The minimum Gasteiger partial charge on any atom is -0.465 e. The van der Waals surface area contributed by atoms with Crippen LogP contribution in [0.15, 0.2) is 48.8 Å². The number of amides is 2. The molecule has 0 unspecified atom stereocenters. The second-order valence-electron chi connectivity index (χ2n) is 6.28. The van der Waals surface area contributed by atoms with Gasteiger partial charge in [-0.25, -0.2) is 9.59 Å². The Bertz CT molecular complexity index is 759. The first kappa shape index (κ1) is 18.8. The summed E-state index contributed by atoms with van der Waals surface area (Å²) in [6, 6.07) is 10.9. The Morgan fingerprint density at radius 2 is 1.63 bits per heavy atom. The third kappa shape index (κ3) is 5.04. The highest BCUT2D eigenvalue weighted by molar-refractivity contribution is 5.89. The highest BCUT2D eigenvalue weighted by atomic mass is 16.5. The van der Waals surface area contributed by atoms with Crippen LogP contribution in [-0.4, -0.2) is 60.2 Å². The number of hydrogen-bond acceptors (Lipinski definition) is 5. The number of pyridine rings is 1. The van der Waals surface area contributed by atoms with E-state index in [1.54, 1.807) is 29.4 Å². The SMILES string of the molecule is COC(=O)c1ccc(CN(Cc2ccncc2)C(=O)N2CCOCC2)cc1. The number of rotatable bonds is 5. The summed E-state index contributed by atoms with van der Waals surface area (Å²) in [7, 11) is 1.35.